The Kier molecular flexibility index (Phi) is 3.13. The molecule has 0 saturated carbocycles. The molecule has 4 nitrogen and oxygen atoms in total. The van der Waals surface area contributed by atoms with E-state index in [0.717, 1.165) is 10.0 Å². The Hall–Kier alpha value is -1.12. The summed E-state index contributed by atoms with van der Waals surface area (Å²) in [5.74, 6) is 0.448. The van der Waals surface area contributed by atoms with Crippen molar-refractivity contribution in [1.29, 1.82) is 5.26 Å². The Morgan fingerprint density at radius 2 is 2.19 bits per heavy atom. The molecule has 16 heavy (non-hydrogen) atoms. The van der Waals surface area contributed by atoms with Gasteiger partial charge in [0.2, 0.25) is 0 Å². The number of aromatic nitrogens is 1. The van der Waals surface area contributed by atoms with Gasteiger partial charge in [-0.1, -0.05) is 0 Å². The minimum atomic E-state index is -0.471. The summed E-state index contributed by atoms with van der Waals surface area (Å²) in [6.45, 7) is 1.24. The zero-order valence-corrected chi connectivity index (χ0v) is 10.3. The van der Waals surface area contributed by atoms with Crippen molar-refractivity contribution in [3.8, 4) is 6.07 Å². The van der Waals surface area contributed by atoms with E-state index in [-0.39, 0.29) is 0 Å². The fourth-order valence-corrected chi connectivity index (χ4v) is 2.24. The lowest BCUT2D eigenvalue weighted by molar-refractivity contribution is 0.0674. The molecule has 5 heteroatoms. The van der Waals surface area contributed by atoms with Gasteiger partial charge in [-0.2, -0.15) is 5.26 Å². The second-order valence-electron chi connectivity index (χ2n) is 3.90. The number of anilines is 1. The molecule has 1 aliphatic rings. The molecule has 0 unspecified atom stereocenters. The first-order chi connectivity index (χ1) is 7.68. The van der Waals surface area contributed by atoms with E-state index in [9.17, 15) is 5.26 Å². The largest absolute Gasteiger partial charge is 0.383 e. The zero-order chi connectivity index (χ0) is 11.6. The lowest BCUT2D eigenvalue weighted by Crippen LogP contribution is -2.32. The summed E-state index contributed by atoms with van der Waals surface area (Å²) in [7, 11) is 0. The fourth-order valence-electron chi connectivity index (χ4n) is 1.90. The van der Waals surface area contributed by atoms with Gasteiger partial charge in [0.05, 0.1) is 16.0 Å². The van der Waals surface area contributed by atoms with Crippen LogP contribution in [0, 0.1) is 11.3 Å². The van der Waals surface area contributed by atoms with Crippen molar-refractivity contribution in [2.45, 2.75) is 18.3 Å². The van der Waals surface area contributed by atoms with E-state index in [2.05, 4.69) is 27.0 Å². The molecular weight excluding hydrogens is 270 g/mol. The van der Waals surface area contributed by atoms with Crippen molar-refractivity contribution in [2.24, 2.45) is 0 Å². The van der Waals surface area contributed by atoms with E-state index < -0.39 is 5.41 Å². The maximum absolute atomic E-state index is 9.38. The number of nitrogens with zero attached hydrogens (tertiary/aromatic N) is 2. The van der Waals surface area contributed by atoms with Crippen LogP contribution in [-0.2, 0) is 10.2 Å². The molecule has 2 N–H and O–H groups in total. The van der Waals surface area contributed by atoms with Crippen molar-refractivity contribution >= 4 is 21.7 Å². The maximum Gasteiger partial charge on any atom is 0.137 e. The summed E-state index contributed by atoms with van der Waals surface area (Å²) in [5, 5.41) is 9.38. The summed E-state index contributed by atoms with van der Waals surface area (Å²) in [6.07, 6.45) is 3.11. The van der Waals surface area contributed by atoms with Crippen molar-refractivity contribution in [1.82, 2.24) is 4.98 Å². The summed E-state index contributed by atoms with van der Waals surface area (Å²) in [6, 6.07) is 4.28. The van der Waals surface area contributed by atoms with Crippen LogP contribution in [0.15, 0.2) is 16.7 Å². The number of hydrogen-bond acceptors (Lipinski definition) is 4. The predicted molar refractivity (Wildman–Crippen MR) is 63.7 cm³/mol. The highest BCUT2D eigenvalue weighted by Crippen LogP contribution is 2.35. The van der Waals surface area contributed by atoms with Gasteiger partial charge in [0.25, 0.3) is 0 Å². The normalized spacial score (nSPS) is 19.0. The van der Waals surface area contributed by atoms with E-state index in [1.807, 2.05) is 6.07 Å². The summed E-state index contributed by atoms with van der Waals surface area (Å²) >= 11 is 3.34. The van der Waals surface area contributed by atoms with Crippen LogP contribution < -0.4 is 5.73 Å². The van der Waals surface area contributed by atoms with Crippen LogP contribution in [0.4, 0.5) is 5.82 Å². The smallest absolute Gasteiger partial charge is 0.137 e. The van der Waals surface area contributed by atoms with Crippen LogP contribution in [0.3, 0.4) is 0 Å². The van der Waals surface area contributed by atoms with Gasteiger partial charge >= 0.3 is 0 Å². The van der Waals surface area contributed by atoms with E-state index in [1.54, 1.807) is 6.20 Å². The molecule has 0 atom stereocenters. The van der Waals surface area contributed by atoms with Crippen molar-refractivity contribution < 1.29 is 4.74 Å². The fraction of sp³-hybridized carbons (Fsp3) is 0.455. The van der Waals surface area contributed by atoms with Gasteiger partial charge in [0.1, 0.15) is 5.82 Å². The molecule has 0 spiro atoms. The van der Waals surface area contributed by atoms with Gasteiger partial charge in [-0.05, 0) is 40.4 Å². The maximum atomic E-state index is 9.38. The molecule has 0 radical (unpaired) electrons. The van der Waals surface area contributed by atoms with Crippen molar-refractivity contribution in [3.63, 3.8) is 0 Å². The molecule has 1 fully saturated rings. The van der Waals surface area contributed by atoms with Crippen LogP contribution in [0.5, 0.6) is 0 Å². The molecule has 1 aliphatic heterocycles. The minimum absolute atomic E-state index is 0.448. The second kappa shape index (κ2) is 4.40. The Morgan fingerprint density at radius 1 is 1.50 bits per heavy atom. The monoisotopic (exact) mass is 281 g/mol. The van der Waals surface area contributed by atoms with Gasteiger partial charge in [0, 0.05) is 19.4 Å². The number of rotatable bonds is 1. The highest BCUT2D eigenvalue weighted by Gasteiger charge is 2.35. The van der Waals surface area contributed by atoms with Crippen LogP contribution in [0.2, 0.25) is 0 Å². The van der Waals surface area contributed by atoms with Gasteiger partial charge < -0.3 is 10.5 Å². The molecule has 2 rings (SSSR count). The van der Waals surface area contributed by atoms with Crippen LogP contribution >= 0.6 is 15.9 Å². The first-order valence-corrected chi connectivity index (χ1v) is 5.88. The van der Waals surface area contributed by atoms with Gasteiger partial charge in [-0.25, -0.2) is 4.98 Å². The Labute approximate surface area is 103 Å². The number of hydrogen-bond donors (Lipinski definition) is 1. The molecule has 1 aromatic heterocycles. The molecule has 0 amide bonds. The molecule has 84 valence electrons. The highest BCUT2D eigenvalue weighted by atomic mass is 79.9. The lowest BCUT2D eigenvalue weighted by atomic mass is 9.76. The molecule has 2 heterocycles. The number of ether oxygens (including phenoxy) is 1. The van der Waals surface area contributed by atoms with Crippen LogP contribution in [0.25, 0.3) is 0 Å². The average molecular weight is 282 g/mol. The topological polar surface area (TPSA) is 71.9 Å². The number of nitriles is 1. The lowest BCUT2D eigenvalue weighted by Gasteiger charge is -2.30. The summed E-state index contributed by atoms with van der Waals surface area (Å²) < 4.78 is 6.04. The van der Waals surface area contributed by atoms with E-state index in [1.165, 1.54) is 0 Å². The third kappa shape index (κ3) is 1.91. The molecule has 0 aromatic carbocycles. The zero-order valence-electron chi connectivity index (χ0n) is 8.74. The van der Waals surface area contributed by atoms with Crippen LogP contribution in [0.1, 0.15) is 18.4 Å². The van der Waals surface area contributed by atoms with E-state index >= 15 is 0 Å². The second-order valence-corrected chi connectivity index (χ2v) is 4.75. The predicted octanol–water partition coefficient (Wildman–Crippen LogP) is 2.00. The van der Waals surface area contributed by atoms with E-state index in [4.69, 9.17) is 10.5 Å². The summed E-state index contributed by atoms with van der Waals surface area (Å²) in [5.41, 5.74) is 6.08. The first-order valence-electron chi connectivity index (χ1n) is 5.08. The van der Waals surface area contributed by atoms with Crippen LogP contribution in [-0.4, -0.2) is 18.2 Å². The quantitative estimate of drug-likeness (QED) is 0.855. The summed E-state index contributed by atoms with van der Waals surface area (Å²) in [4.78, 5) is 4.09. The number of nitrogens with two attached hydrogens (primary N) is 1. The minimum Gasteiger partial charge on any atom is -0.383 e. The SMILES string of the molecule is N#CC1(c2cnc(N)c(Br)c2)CCOCC1. The Morgan fingerprint density at radius 3 is 2.75 bits per heavy atom. The highest BCUT2D eigenvalue weighted by molar-refractivity contribution is 9.10. The number of halogens is 1. The van der Waals surface area contributed by atoms with Crippen molar-refractivity contribution in [2.75, 3.05) is 18.9 Å². The molecule has 0 bridgehead atoms. The standard InChI is InChI=1S/C11H12BrN3O/c12-9-5-8(6-15-10(9)14)11(7-13)1-3-16-4-2-11/h5-6H,1-4H2,(H2,14,15). The van der Waals surface area contributed by atoms with Gasteiger partial charge in [-0.3, -0.25) is 0 Å². The number of pyridine rings is 1. The van der Waals surface area contributed by atoms with Gasteiger partial charge in [-0.15, -0.1) is 0 Å². The third-order valence-corrected chi connectivity index (χ3v) is 3.62. The Bertz CT molecular complexity index is 435. The average Bonchev–Trinajstić information content (AvgIpc) is 2.33. The molecule has 1 saturated heterocycles. The molecular formula is C11H12BrN3O. The molecule has 1 aromatic rings. The van der Waals surface area contributed by atoms with E-state index in [0.29, 0.717) is 31.9 Å². The number of nitrogen functional groups attached to an aromatic ring is 1. The molecule has 0 aliphatic carbocycles. The van der Waals surface area contributed by atoms with Gasteiger partial charge in [0.15, 0.2) is 0 Å². The Balaban J connectivity index is 2.40. The first kappa shape index (κ1) is 11.4. The third-order valence-electron chi connectivity index (χ3n) is 2.98. The van der Waals surface area contributed by atoms with Crippen molar-refractivity contribution in [3.05, 3.63) is 22.3 Å².